The number of ether oxygens (including phenoxy) is 1. The summed E-state index contributed by atoms with van der Waals surface area (Å²) in [6, 6.07) is 48.9. The van der Waals surface area contributed by atoms with Crippen molar-refractivity contribution < 1.29 is 37.2 Å². The molecule has 3 atom stereocenters. The van der Waals surface area contributed by atoms with E-state index in [4.69, 9.17) is 4.74 Å². The zero-order chi connectivity index (χ0) is 65.2. The van der Waals surface area contributed by atoms with Crippen LogP contribution < -0.4 is 4.74 Å². The number of rotatable bonds is 19. The van der Waals surface area contributed by atoms with Crippen LogP contribution in [0.3, 0.4) is 0 Å². The van der Waals surface area contributed by atoms with Crippen molar-refractivity contribution in [2.75, 3.05) is 26.7 Å². The smallest absolute Gasteiger partial charge is 0.416 e. The molecule has 93 heavy (non-hydrogen) atoms. The molecule has 484 valence electrons. The zero-order valence-electron chi connectivity index (χ0n) is 54.0. The summed E-state index contributed by atoms with van der Waals surface area (Å²) in [5, 5.41) is 13.0. The SMILES string of the molecule is CC(C)C(=O)N1CCC2=C(Cc3ccccc32)C1c1ccc(C(F)(F)F)cc1.CCCCCCCCCCCCCC(=O)N1CCC2=C(Cc3ccccc32)C1c1ccc(OC)cc1.O=C(c1cccs1)N1CCC2=C(Cc3ccccc32)C1c1ccc([N+](=O)[O-])cc1. The standard InChI is InChI=1S/C33H45NO2.C23H22F3NO.C23H18N2O3S/c1-3-4-5-6-7-8-9-10-11-12-13-18-32(35)34-24-23-30-29-17-15-14-16-27(29)25-31(30)33(34)26-19-21-28(36-2)22-20-26;1-14(2)22(28)27-12-11-19-18-6-4-3-5-16(18)13-20(19)21(27)15-7-9-17(10-8-15)23(24,25)26;26-23(21-6-3-13-29-21)24-12-11-19-18-5-2-1-4-16(18)14-20(19)22(24)15-7-9-17(10-8-15)25(27)28/h14-17,19-22,33H,3-13,18,23-25H2,1-2H3;3-10,14,21H,11-13H2,1-2H3;1-10,13,22H,11-12,14H2. The number of nitro groups is 1. The first-order chi connectivity index (χ1) is 45.1. The van der Waals surface area contributed by atoms with Gasteiger partial charge >= 0.3 is 6.18 Å². The number of fused-ring (bicyclic) bond motifs is 6. The summed E-state index contributed by atoms with van der Waals surface area (Å²) in [6.07, 6.45) is 15.7. The van der Waals surface area contributed by atoms with E-state index in [1.54, 1.807) is 19.2 Å². The van der Waals surface area contributed by atoms with Crippen molar-refractivity contribution in [3.05, 3.63) is 250 Å². The number of halogens is 3. The van der Waals surface area contributed by atoms with Gasteiger partial charge in [0.25, 0.3) is 11.6 Å². The highest BCUT2D eigenvalue weighted by Gasteiger charge is 2.42. The minimum absolute atomic E-state index is 0.0193. The molecule has 3 aliphatic carbocycles. The van der Waals surface area contributed by atoms with Gasteiger partial charge in [0.15, 0.2) is 0 Å². The van der Waals surface area contributed by atoms with E-state index in [1.807, 2.05) is 71.5 Å². The molecule has 0 N–H and O–H groups in total. The molecule has 0 radical (unpaired) electrons. The lowest BCUT2D eigenvalue weighted by atomic mass is 9.87. The van der Waals surface area contributed by atoms with E-state index in [2.05, 4.69) is 78.6 Å². The van der Waals surface area contributed by atoms with Crippen molar-refractivity contribution in [3.63, 3.8) is 0 Å². The van der Waals surface area contributed by atoms with Crippen LogP contribution in [0.4, 0.5) is 18.9 Å². The van der Waals surface area contributed by atoms with Crippen molar-refractivity contribution in [1.82, 2.24) is 14.7 Å². The number of hydrogen-bond donors (Lipinski definition) is 0. The fourth-order valence-electron chi connectivity index (χ4n) is 14.9. The number of carbonyl (C=O) groups is 3. The van der Waals surface area contributed by atoms with Crippen LogP contribution in [0, 0.1) is 16.0 Å². The van der Waals surface area contributed by atoms with Gasteiger partial charge in [-0.05, 0) is 176 Å². The largest absolute Gasteiger partial charge is 0.497 e. The van der Waals surface area contributed by atoms with Crippen LogP contribution in [0.1, 0.15) is 201 Å². The zero-order valence-corrected chi connectivity index (χ0v) is 54.8. The van der Waals surface area contributed by atoms with Crippen molar-refractivity contribution in [2.45, 2.75) is 161 Å². The molecule has 0 saturated carbocycles. The van der Waals surface area contributed by atoms with Crippen LogP contribution in [-0.4, -0.2) is 64.1 Å². The van der Waals surface area contributed by atoms with Crippen LogP contribution >= 0.6 is 11.3 Å². The first kappa shape index (κ1) is 66.1. The molecule has 13 rings (SSSR count). The second-order valence-corrected chi connectivity index (χ2v) is 26.7. The molecule has 3 amide bonds. The molecule has 0 saturated heterocycles. The second-order valence-electron chi connectivity index (χ2n) is 25.7. The Morgan fingerprint density at radius 3 is 1.41 bits per heavy atom. The molecule has 14 heteroatoms. The lowest BCUT2D eigenvalue weighted by molar-refractivity contribution is -0.384. The van der Waals surface area contributed by atoms with Gasteiger partial charge in [0, 0.05) is 44.1 Å². The number of unbranched alkanes of at least 4 members (excludes halogenated alkanes) is 10. The number of amides is 3. The number of nitrogens with zero attached hydrogens (tertiary/aromatic N) is 4. The maximum atomic E-state index is 13.5. The lowest BCUT2D eigenvalue weighted by Crippen LogP contribution is -2.41. The molecule has 6 aliphatic rings. The highest BCUT2D eigenvalue weighted by atomic mass is 32.1. The molecule has 0 bridgehead atoms. The Morgan fingerprint density at radius 1 is 0.548 bits per heavy atom. The first-order valence-corrected chi connectivity index (χ1v) is 34.4. The first-order valence-electron chi connectivity index (χ1n) is 33.5. The van der Waals surface area contributed by atoms with Crippen molar-refractivity contribution in [1.29, 1.82) is 0 Å². The lowest BCUT2D eigenvalue weighted by Gasteiger charge is -2.39. The van der Waals surface area contributed by atoms with E-state index in [1.165, 1.54) is 167 Å². The highest BCUT2D eigenvalue weighted by Crippen LogP contribution is 2.51. The Hall–Kier alpha value is -8.36. The van der Waals surface area contributed by atoms with Gasteiger partial charge in [-0.2, -0.15) is 13.2 Å². The summed E-state index contributed by atoms with van der Waals surface area (Å²) in [7, 11) is 1.70. The molecule has 0 fully saturated rings. The van der Waals surface area contributed by atoms with Crippen molar-refractivity contribution >= 4 is 51.5 Å². The van der Waals surface area contributed by atoms with E-state index >= 15 is 0 Å². The third-order valence-electron chi connectivity index (χ3n) is 19.6. The summed E-state index contributed by atoms with van der Waals surface area (Å²) in [5.74, 6) is 1.06. The van der Waals surface area contributed by atoms with Crippen LogP contribution in [0.5, 0.6) is 5.75 Å². The fraction of sp³-hybridized carbons (Fsp3) is 0.380. The van der Waals surface area contributed by atoms with Crippen LogP contribution in [0.25, 0.3) is 16.7 Å². The van der Waals surface area contributed by atoms with Gasteiger partial charge in [0.05, 0.1) is 40.6 Å². The number of thiophene rings is 1. The summed E-state index contributed by atoms with van der Waals surface area (Å²) < 4.78 is 44.4. The van der Waals surface area contributed by atoms with Gasteiger partial charge in [0.2, 0.25) is 11.8 Å². The monoisotopic (exact) mass is 1270 g/mol. The topological polar surface area (TPSA) is 113 Å². The van der Waals surface area contributed by atoms with E-state index in [0.717, 1.165) is 90.9 Å². The number of non-ortho nitro benzene ring substituents is 1. The highest BCUT2D eigenvalue weighted by molar-refractivity contribution is 7.12. The minimum Gasteiger partial charge on any atom is -0.497 e. The Bertz CT molecular complexity index is 3890. The Labute approximate surface area is 550 Å². The van der Waals surface area contributed by atoms with Gasteiger partial charge in [-0.25, -0.2) is 0 Å². The average Bonchev–Trinajstić information content (AvgIpc) is 1.69. The number of benzene rings is 6. The quantitative estimate of drug-likeness (QED) is 0.0453. The number of alkyl halides is 3. The molecule has 3 unspecified atom stereocenters. The van der Waals surface area contributed by atoms with Gasteiger partial charge in [-0.3, -0.25) is 24.5 Å². The molecular formula is C79H85F3N4O6S. The minimum atomic E-state index is -4.37. The third kappa shape index (κ3) is 14.9. The van der Waals surface area contributed by atoms with Crippen LogP contribution in [0.2, 0.25) is 0 Å². The summed E-state index contributed by atoms with van der Waals surface area (Å²) in [6.45, 7) is 8.01. The van der Waals surface area contributed by atoms with Crippen molar-refractivity contribution in [3.8, 4) is 5.75 Å². The molecule has 4 heterocycles. The van der Waals surface area contributed by atoms with Crippen molar-refractivity contribution in [2.24, 2.45) is 5.92 Å². The normalized spacial score (nSPS) is 17.8. The predicted molar refractivity (Wildman–Crippen MR) is 366 cm³/mol. The fourth-order valence-corrected chi connectivity index (χ4v) is 15.6. The van der Waals surface area contributed by atoms with Crippen LogP contribution in [-0.2, 0) is 35.0 Å². The third-order valence-corrected chi connectivity index (χ3v) is 20.4. The molecule has 7 aromatic rings. The van der Waals surface area contributed by atoms with E-state index in [9.17, 15) is 37.7 Å². The summed E-state index contributed by atoms with van der Waals surface area (Å²) in [5.41, 5.74) is 17.9. The number of carbonyl (C=O) groups excluding carboxylic acids is 3. The number of hydrogen-bond acceptors (Lipinski definition) is 7. The Kier molecular flexibility index (Phi) is 21.4. The summed E-state index contributed by atoms with van der Waals surface area (Å²) >= 11 is 1.44. The number of nitro benzene ring substituents is 1. The maximum absolute atomic E-state index is 13.5. The Morgan fingerprint density at radius 2 is 0.968 bits per heavy atom. The van der Waals surface area contributed by atoms with Gasteiger partial charge in [0.1, 0.15) is 5.75 Å². The van der Waals surface area contributed by atoms with Crippen LogP contribution in [0.15, 0.2) is 180 Å². The van der Waals surface area contributed by atoms with Gasteiger partial charge in [-0.1, -0.05) is 188 Å². The van der Waals surface area contributed by atoms with Gasteiger partial charge in [-0.15, -0.1) is 11.3 Å². The summed E-state index contributed by atoms with van der Waals surface area (Å²) in [4.78, 5) is 57.0. The molecule has 6 aromatic carbocycles. The molecule has 3 aliphatic heterocycles. The maximum Gasteiger partial charge on any atom is 0.416 e. The molecule has 10 nitrogen and oxygen atoms in total. The average molecular weight is 1280 g/mol. The molecule has 0 spiro atoms. The predicted octanol–water partition coefficient (Wildman–Crippen LogP) is 19.6. The molecular weight excluding hydrogens is 1190 g/mol. The van der Waals surface area contributed by atoms with Gasteiger partial charge < -0.3 is 19.4 Å². The Balaban J connectivity index is 0.000000144. The van der Waals surface area contributed by atoms with E-state index in [0.29, 0.717) is 25.4 Å². The van der Waals surface area contributed by atoms with E-state index < -0.39 is 16.7 Å². The number of methoxy groups -OCH3 is 1. The van der Waals surface area contributed by atoms with E-state index in [-0.39, 0.29) is 41.5 Å². The second kappa shape index (κ2) is 30.2. The molecule has 1 aromatic heterocycles.